The van der Waals surface area contributed by atoms with Crippen molar-refractivity contribution in [1.29, 1.82) is 0 Å². The SMILES string of the molecule is C[C@H](Cc1cc2c(c(C(N)=O)c1)N(CCCO)CC2)NCCOc1ccccc1OCC(F)(F)F.Cl. The quantitative estimate of drug-likeness (QED) is 0.342. The second-order valence-electron chi connectivity index (χ2n) is 8.59. The molecule has 1 aliphatic rings. The van der Waals surface area contributed by atoms with Crippen molar-refractivity contribution >= 4 is 24.0 Å². The number of hydrogen-bond donors (Lipinski definition) is 3. The third-order valence-corrected chi connectivity index (χ3v) is 5.70. The largest absolute Gasteiger partial charge is 0.488 e. The molecule has 200 valence electrons. The van der Waals surface area contributed by atoms with Gasteiger partial charge in [0, 0.05) is 32.3 Å². The number of primary amides is 1. The lowest BCUT2D eigenvalue weighted by Gasteiger charge is -2.22. The number of rotatable bonds is 13. The van der Waals surface area contributed by atoms with E-state index in [2.05, 4.69) is 16.3 Å². The number of nitrogens with zero attached hydrogens (tertiary/aromatic N) is 1. The summed E-state index contributed by atoms with van der Waals surface area (Å²) in [5.74, 6) is -0.177. The number of carbonyl (C=O) groups is 1. The van der Waals surface area contributed by atoms with Crippen LogP contribution in [0.25, 0.3) is 0 Å². The molecule has 7 nitrogen and oxygen atoms in total. The number of nitrogens with two attached hydrogens (primary N) is 1. The molecule has 1 heterocycles. The molecule has 4 N–H and O–H groups in total. The molecule has 1 amide bonds. The van der Waals surface area contributed by atoms with E-state index in [4.69, 9.17) is 20.3 Å². The molecule has 0 radical (unpaired) electrons. The number of ether oxygens (including phenoxy) is 2. The second-order valence-corrected chi connectivity index (χ2v) is 8.59. The van der Waals surface area contributed by atoms with Gasteiger partial charge in [-0.05, 0) is 55.5 Å². The van der Waals surface area contributed by atoms with Gasteiger partial charge in [0.05, 0.1) is 11.3 Å². The Kier molecular flexibility index (Phi) is 11.1. The van der Waals surface area contributed by atoms with E-state index in [1.807, 2.05) is 13.0 Å². The number of hydrogen-bond acceptors (Lipinski definition) is 6. The molecule has 1 aliphatic heterocycles. The second kappa shape index (κ2) is 13.6. The number of halogens is 4. The van der Waals surface area contributed by atoms with Crippen LogP contribution in [0.2, 0.25) is 0 Å². The van der Waals surface area contributed by atoms with Gasteiger partial charge >= 0.3 is 6.18 Å². The summed E-state index contributed by atoms with van der Waals surface area (Å²) >= 11 is 0. The van der Waals surface area contributed by atoms with Crippen molar-refractivity contribution in [3.05, 3.63) is 53.1 Å². The molecular weight excluding hydrogens is 499 g/mol. The van der Waals surface area contributed by atoms with Crippen LogP contribution in [0.15, 0.2) is 36.4 Å². The Morgan fingerprint density at radius 1 is 1.22 bits per heavy atom. The van der Waals surface area contributed by atoms with E-state index >= 15 is 0 Å². The van der Waals surface area contributed by atoms with Crippen LogP contribution >= 0.6 is 12.4 Å². The van der Waals surface area contributed by atoms with Crippen LogP contribution in [0.4, 0.5) is 18.9 Å². The van der Waals surface area contributed by atoms with Gasteiger partial charge in [-0.15, -0.1) is 12.4 Å². The summed E-state index contributed by atoms with van der Waals surface area (Å²) in [5, 5.41) is 12.5. The Morgan fingerprint density at radius 2 is 1.92 bits per heavy atom. The first-order valence-electron chi connectivity index (χ1n) is 11.6. The number of fused-ring (bicyclic) bond motifs is 1. The third kappa shape index (κ3) is 8.46. The number of aliphatic hydroxyl groups excluding tert-OH is 1. The molecule has 0 saturated carbocycles. The van der Waals surface area contributed by atoms with Gasteiger partial charge in [0.15, 0.2) is 18.1 Å². The highest BCUT2D eigenvalue weighted by Gasteiger charge is 2.29. The Morgan fingerprint density at radius 3 is 2.56 bits per heavy atom. The van der Waals surface area contributed by atoms with Crippen molar-refractivity contribution in [3.63, 3.8) is 0 Å². The van der Waals surface area contributed by atoms with E-state index in [0.29, 0.717) is 31.5 Å². The first-order chi connectivity index (χ1) is 16.7. The van der Waals surface area contributed by atoms with E-state index in [9.17, 15) is 18.0 Å². The van der Waals surface area contributed by atoms with Gasteiger partial charge in [0.1, 0.15) is 6.61 Å². The molecule has 2 aromatic carbocycles. The minimum absolute atomic E-state index is 0. The van der Waals surface area contributed by atoms with E-state index in [1.54, 1.807) is 18.2 Å². The zero-order valence-corrected chi connectivity index (χ0v) is 21.0. The molecular formula is C25H33ClF3N3O4. The van der Waals surface area contributed by atoms with E-state index in [0.717, 1.165) is 29.8 Å². The maximum absolute atomic E-state index is 12.4. The summed E-state index contributed by atoms with van der Waals surface area (Å²) in [6.07, 6.45) is -2.31. The van der Waals surface area contributed by atoms with E-state index in [1.165, 1.54) is 6.07 Å². The number of amides is 1. The van der Waals surface area contributed by atoms with Crippen LogP contribution in [0.1, 0.15) is 34.8 Å². The van der Waals surface area contributed by atoms with Crippen molar-refractivity contribution in [3.8, 4) is 11.5 Å². The molecule has 36 heavy (non-hydrogen) atoms. The van der Waals surface area contributed by atoms with Crippen molar-refractivity contribution in [2.45, 2.75) is 38.4 Å². The van der Waals surface area contributed by atoms with Crippen LogP contribution in [-0.2, 0) is 12.8 Å². The summed E-state index contributed by atoms with van der Waals surface area (Å²) < 4.78 is 47.8. The highest BCUT2D eigenvalue weighted by atomic mass is 35.5. The van der Waals surface area contributed by atoms with Crippen molar-refractivity contribution < 1.29 is 32.5 Å². The third-order valence-electron chi connectivity index (χ3n) is 5.70. The van der Waals surface area contributed by atoms with E-state index in [-0.39, 0.29) is 43.2 Å². The topological polar surface area (TPSA) is 97.1 Å². The fraction of sp³-hybridized carbons (Fsp3) is 0.480. The Bertz CT molecular complexity index is 1010. The molecule has 1 atom stereocenters. The van der Waals surface area contributed by atoms with Gasteiger partial charge in [0.25, 0.3) is 5.91 Å². The highest BCUT2D eigenvalue weighted by molar-refractivity contribution is 6.00. The molecule has 0 spiro atoms. The lowest BCUT2D eigenvalue weighted by molar-refractivity contribution is -0.153. The lowest BCUT2D eigenvalue weighted by atomic mass is 9.98. The van der Waals surface area contributed by atoms with Crippen LogP contribution in [-0.4, -0.2) is 62.7 Å². The Hall–Kier alpha value is -2.69. The predicted molar refractivity (Wildman–Crippen MR) is 134 cm³/mol. The molecule has 0 bridgehead atoms. The van der Waals surface area contributed by atoms with Crippen molar-refractivity contribution in [1.82, 2.24) is 5.32 Å². The first-order valence-corrected chi connectivity index (χ1v) is 11.6. The number of nitrogens with one attached hydrogen (secondary N) is 1. The Balaban J connectivity index is 0.00000456. The number of anilines is 1. The zero-order valence-electron chi connectivity index (χ0n) is 20.1. The number of aliphatic hydroxyl groups is 1. The average molecular weight is 532 g/mol. The van der Waals surface area contributed by atoms with E-state index < -0.39 is 18.7 Å². The number of carbonyl (C=O) groups excluding carboxylic acids is 1. The minimum Gasteiger partial charge on any atom is -0.488 e. The standard InChI is InChI=1S/C25H32F3N3O4.ClH/c1-17(30-8-12-34-21-5-2-3-6-22(21)35-16-25(26,27)28)13-18-14-19-7-10-31(9-4-11-32)23(19)20(15-18)24(29)33;/h2-3,5-6,14-15,17,30,32H,4,7-13,16H2,1H3,(H2,29,33);1H/t17-;/m1./s1. The molecule has 0 fully saturated rings. The smallest absolute Gasteiger partial charge is 0.422 e. The fourth-order valence-corrected chi connectivity index (χ4v) is 4.22. The minimum atomic E-state index is -4.42. The predicted octanol–water partition coefficient (Wildman–Crippen LogP) is 3.49. The summed E-state index contributed by atoms with van der Waals surface area (Å²) in [6, 6.07) is 10.2. The zero-order chi connectivity index (χ0) is 25.4. The maximum Gasteiger partial charge on any atom is 0.422 e. The summed E-state index contributed by atoms with van der Waals surface area (Å²) in [5.41, 5.74) is 9.12. The van der Waals surface area contributed by atoms with Gasteiger partial charge in [-0.2, -0.15) is 13.2 Å². The maximum atomic E-state index is 12.4. The first kappa shape index (κ1) is 29.5. The van der Waals surface area contributed by atoms with Crippen molar-refractivity contribution in [2.75, 3.05) is 44.4 Å². The summed E-state index contributed by atoms with van der Waals surface area (Å²) in [7, 11) is 0. The van der Waals surface area contributed by atoms with Gasteiger partial charge in [-0.1, -0.05) is 18.2 Å². The fourth-order valence-electron chi connectivity index (χ4n) is 4.22. The molecule has 2 aromatic rings. The number of benzene rings is 2. The van der Waals surface area contributed by atoms with Gasteiger partial charge < -0.3 is 30.5 Å². The van der Waals surface area contributed by atoms with Crippen LogP contribution < -0.4 is 25.4 Å². The average Bonchev–Trinajstić information content (AvgIpc) is 3.21. The summed E-state index contributed by atoms with van der Waals surface area (Å²) in [4.78, 5) is 14.2. The molecule has 0 unspecified atom stereocenters. The number of para-hydroxylation sites is 2. The highest BCUT2D eigenvalue weighted by Crippen LogP contribution is 2.33. The molecule has 0 aromatic heterocycles. The number of alkyl halides is 3. The normalized spacial score (nSPS) is 13.6. The van der Waals surface area contributed by atoms with Crippen molar-refractivity contribution in [2.24, 2.45) is 5.73 Å². The van der Waals surface area contributed by atoms with Gasteiger partial charge in [-0.25, -0.2) is 0 Å². The van der Waals surface area contributed by atoms with Crippen LogP contribution in [0.5, 0.6) is 11.5 Å². The van der Waals surface area contributed by atoms with Gasteiger partial charge in [0.2, 0.25) is 0 Å². The van der Waals surface area contributed by atoms with Crippen LogP contribution in [0.3, 0.4) is 0 Å². The van der Waals surface area contributed by atoms with Gasteiger partial charge in [-0.3, -0.25) is 4.79 Å². The lowest BCUT2D eigenvalue weighted by Crippen LogP contribution is -2.32. The monoisotopic (exact) mass is 531 g/mol. The summed E-state index contributed by atoms with van der Waals surface area (Å²) in [6.45, 7) is 2.89. The molecule has 0 aliphatic carbocycles. The molecule has 0 saturated heterocycles. The molecule has 11 heteroatoms. The Labute approximate surface area is 215 Å². The molecule has 3 rings (SSSR count). The van der Waals surface area contributed by atoms with Crippen LogP contribution in [0, 0.1) is 0 Å².